The predicted octanol–water partition coefficient (Wildman–Crippen LogP) is -2.11. The third-order valence-corrected chi connectivity index (χ3v) is 5.67. The number of aliphatic hydroxyl groups is 2. The molecule has 13 nitrogen and oxygen atoms in total. The molecule has 7 N–H and O–H groups in total. The Morgan fingerprint density at radius 2 is 1.55 bits per heavy atom. The summed E-state index contributed by atoms with van der Waals surface area (Å²) >= 11 is 4.28. The Morgan fingerprint density at radius 1 is 1.00 bits per heavy atom. The van der Waals surface area contributed by atoms with E-state index in [4.69, 9.17) is 24.3 Å². The molecular weight excluding hydrogens is 393 g/mol. The van der Waals surface area contributed by atoms with Crippen LogP contribution in [0.4, 0.5) is 0 Å². The van der Waals surface area contributed by atoms with Gasteiger partial charge in [-0.25, -0.2) is 13.4 Å². The van der Waals surface area contributed by atoms with Gasteiger partial charge in [-0.3, -0.25) is 9.05 Å². The Balaban J connectivity index is 2.68. The third kappa shape index (κ3) is 7.05. The van der Waals surface area contributed by atoms with Gasteiger partial charge >= 0.3 is 22.4 Å². The van der Waals surface area contributed by atoms with Gasteiger partial charge in [0, 0.05) is 0 Å². The molecule has 0 bridgehead atoms. The maximum absolute atomic E-state index is 10.6. The third-order valence-electron chi connectivity index (χ3n) is 2.17. The van der Waals surface area contributed by atoms with Gasteiger partial charge < -0.3 is 39.4 Å². The van der Waals surface area contributed by atoms with Crippen LogP contribution in [-0.4, -0.2) is 65.9 Å². The van der Waals surface area contributed by atoms with Crippen molar-refractivity contribution < 1.29 is 61.9 Å². The van der Waals surface area contributed by atoms with Crippen LogP contribution in [0.25, 0.3) is 0 Å². The highest BCUT2D eigenvalue weighted by molar-refractivity contribution is 8.08. The van der Waals surface area contributed by atoms with Crippen LogP contribution in [0.1, 0.15) is 0 Å². The summed E-state index contributed by atoms with van der Waals surface area (Å²) in [5.74, 6) is 0. The van der Waals surface area contributed by atoms with Crippen LogP contribution in [0.3, 0.4) is 0 Å². The van der Waals surface area contributed by atoms with Crippen molar-refractivity contribution in [2.24, 2.45) is 0 Å². The lowest BCUT2D eigenvalue weighted by molar-refractivity contribution is -0.120. The zero-order chi connectivity index (χ0) is 17.3. The molecule has 22 heavy (non-hydrogen) atoms. The van der Waals surface area contributed by atoms with Crippen molar-refractivity contribution in [1.29, 1.82) is 0 Å². The number of hydrogen-bond acceptors (Lipinski definition) is 9. The molecule has 0 amide bonds. The number of rotatable bonds is 7. The summed E-state index contributed by atoms with van der Waals surface area (Å²) in [7, 11) is -10.0. The molecular formula is C5H13O13P3S. The molecule has 132 valence electrons. The van der Waals surface area contributed by atoms with E-state index in [1.807, 2.05) is 0 Å². The van der Waals surface area contributed by atoms with Gasteiger partial charge in [0.25, 0.3) is 0 Å². The minimum absolute atomic E-state index is 0.837. The molecule has 5 atom stereocenters. The molecule has 0 aliphatic carbocycles. The lowest BCUT2D eigenvalue weighted by Crippen LogP contribution is -2.34. The van der Waals surface area contributed by atoms with Gasteiger partial charge in [-0.2, -0.15) is 0 Å². The largest absolute Gasteiger partial charge is 0.476 e. The maximum atomic E-state index is 10.6. The van der Waals surface area contributed by atoms with Crippen LogP contribution in [0, 0.1) is 0 Å². The van der Waals surface area contributed by atoms with E-state index in [2.05, 4.69) is 25.2 Å². The highest BCUT2D eigenvalue weighted by atomic mass is 32.5. The minimum atomic E-state index is -5.19. The monoisotopic (exact) mass is 406 g/mol. The first kappa shape index (κ1) is 20.7. The molecule has 1 rings (SSSR count). The molecule has 1 aliphatic heterocycles. The van der Waals surface area contributed by atoms with Crippen LogP contribution in [-0.2, 0) is 39.0 Å². The molecule has 1 aliphatic rings. The summed E-state index contributed by atoms with van der Waals surface area (Å²) in [5.41, 5.74) is 0. The normalized spacial score (nSPS) is 32.9. The van der Waals surface area contributed by atoms with Crippen molar-refractivity contribution in [3.63, 3.8) is 0 Å². The minimum Gasteiger partial charge on any atom is -0.387 e. The highest BCUT2D eigenvalue weighted by Gasteiger charge is 2.47. The van der Waals surface area contributed by atoms with Crippen LogP contribution in [0.2, 0.25) is 0 Å². The lowest BCUT2D eigenvalue weighted by atomic mass is 10.1. The Bertz CT molecular complexity index is 526. The van der Waals surface area contributed by atoms with Gasteiger partial charge in [-0.1, -0.05) is 0 Å². The smallest absolute Gasteiger partial charge is 0.387 e. The van der Waals surface area contributed by atoms with Crippen molar-refractivity contribution >= 4 is 34.2 Å². The summed E-state index contributed by atoms with van der Waals surface area (Å²) in [6.07, 6.45) is -6.90. The van der Waals surface area contributed by atoms with E-state index >= 15 is 0 Å². The second-order valence-electron chi connectivity index (χ2n) is 3.96. The average molecular weight is 406 g/mol. The summed E-state index contributed by atoms with van der Waals surface area (Å²) in [4.78, 5) is 43.5. The van der Waals surface area contributed by atoms with E-state index in [-0.39, 0.29) is 0 Å². The van der Waals surface area contributed by atoms with Gasteiger partial charge in [0.2, 0.25) is 0 Å². The lowest BCUT2D eigenvalue weighted by Gasteiger charge is -2.21. The molecule has 0 aromatic heterocycles. The molecule has 0 radical (unpaired) electrons. The van der Waals surface area contributed by atoms with Crippen molar-refractivity contribution in [2.45, 2.75) is 24.6 Å². The van der Waals surface area contributed by atoms with E-state index in [0.29, 0.717) is 0 Å². The van der Waals surface area contributed by atoms with E-state index < -0.39 is 53.6 Å². The zero-order valence-corrected chi connectivity index (χ0v) is 13.8. The molecule has 1 fully saturated rings. The molecule has 0 aromatic carbocycles. The standard InChI is InChI=1S/C5H13O13P3S/c6-3-2(1-15-19(8,9)10)16-5(4(3)7)17-21(14,22)18-20(11,12)13/h2-7H,1H2,(H,14,22)(H2,8,9,10)(H2,11,12,13)/t2-,3-,4-,5-,21?/m1/s1. The number of phosphoric ester groups is 1. The second kappa shape index (κ2) is 7.28. The number of aliphatic hydroxyl groups excluding tert-OH is 2. The first-order valence-electron chi connectivity index (χ1n) is 5.20. The first-order chi connectivity index (χ1) is 9.70. The Morgan fingerprint density at radius 3 is 2.00 bits per heavy atom. The van der Waals surface area contributed by atoms with E-state index in [0.717, 1.165) is 0 Å². The Kier molecular flexibility index (Phi) is 6.85. The van der Waals surface area contributed by atoms with Gasteiger partial charge in [-0.15, -0.1) is 0 Å². The topological polar surface area (TPSA) is 213 Å². The number of phosphoric acid groups is 2. The summed E-state index contributed by atoms with van der Waals surface area (Å²) in [6, 6.07) is 0. The fourth-order valence-corrected chi connectivity index (χ4v) is 4.44. The van der Waals surface area contributed by atoms with Gasteiger partial charge in [0.05, 0.1) is 6.61 Å². The van der Waals surface area contributed by atoms with Crippen LogP contribution in [0.15, 0.2) is 0 Å². The van der Waals surface area contributed by atoms with E-state index in [1.165, 1.54) is 0 Å². The summed E-state index contributed by atoms with van der Waals surface area (Å²) in [6.45, 7) is -5.36. The SMILES string of the molecule is O=P(O)(O)OC[C@H]1O[C@H](OP(O)(=S)OP(=O)(O)O)[C@H](O)[C@@H]1O. The summed E-state index contributed by atoms with van der Waals surface area (Å²) < 4.78 is 38.3. The fourth-order valence-electron chi connectivity index (χ4n) is 1.39. The van der Waals surface area contributed by atoms with Crippen molar-refractivity contribution in [1.82, 2.24) is 0 Å². The molecule has 0 saturated carbocycles. The van der Waals surface area contributed by atoms with Gasteiger partial charge in [-0.05, 0) is 11.8 Å². The quantitative estimate of drug-likeness (QED) is 0.225. The molecule has 0 spiro atoms. The highest BCUT2D eigenvalue weighted by Crippen LogP contribution is 2.59. The molecule has 1 heterocycles. The average Bonchev–Trinajstić information content (AvgIpc) is 2.49. The first-order valence-corrected chi connectivity index (χ1v) is 10.8. The predicted molar refractivity (Wildman–Crippen MR) is 69.4 cm³/mol. The molecule has 1 unspecified atom stereocenters. The van der Waals surface area contributed by atoms with Crippen LogP contribution < -0.4 is 0 Å². The van der Waals surface area contributed by atoms with Gasteiger partial charge in [0.15, 0.2) is 6.29 Å². The number of ether oxygens (including phenoxy) is 1. The maximum Gasteiger partial charge on any atom is 0.476 e. The van der Waals surface area contributed by atoms with E-state index in [1.54, 1.807) is 0 Å². The molecule has 0 aromatic rings. The second-order valence-corrected chi connectivity index (χ2v) is 9.36. The zero-order valence-electron chi connectivity index (χ0n) is 10.3. The van der Waals surface area contributed by atoms with Crippen LogP contribution >= 0.6 is 22.4 Å². The Hall–Kier alpha value is 0.670. The van der Waals surface area contributed by atoms with Gasteiger partial charge in [0.1, 0.15) is 18.3 Å². The van der Waals surface area contributed by atoms with Crippen LogP contribution in [0.5, 0.6) is 0 Å². The van der Waals surface area contributed by atoms with E-state index in [9.17, 15) is 24.2 Å². The van der Waals surface area contributed by atoms with Crippen molar-refractivity contribution in [3.05, 3.63) is 0 Å². The summed E-state index contributed by atoms with van der Waals surface area (Å²) in [5, 5.41) is 19.1. The fraction of sp³-hybridized carbons (Fsp3) is 1.00. The van der Waals surface area contributed by atoms with Crippen molar-refractivity contribution in [3.8, 4) is 0 Å². The van der Waals surface area contributed by atoms with Crippen molar-refractivity contribution in [2.75, 3.05) is 6.61 Å². The molecule has 1 saturated heterocycles. The number of hydrogen-bond donors (Lipinski definition) is 7. The molecule has 17 heteroatoms. The Labute approximate surface area is 128 Å².